The van der Waals surface area contributed by atoms with E-state index >= 15 is 0 Å². The van der Waals surface area contributed by atoms with Crippen molar-refractivity contribution < 1.29 is 74.8 Å². The Hall–Kier alpha value is -2.11. The molecule has 38 heavy (non-hydrogen) atoms. The summed E-state index contributed by atoms with van der Waals surface area (Å²) in [5, 5.41) is -2.15. The lowest BCUT2D eigenvalue weighted by atomic mass is 9.90. The number of unbranched alkanes of at least 4 members (excludes halogenated alkanes) is 3. The summed E-state index contributed by atoms with van der Waals surface area (Å²) in [4.78, 5) is 12.4. The van der Waals surface area contributed by atoms with Gasteiger partial charge in [-0.2, -0.15) is 65.5 Å². The molecule has 0 amide bonds. The molecule has 1 unspecified atom stereocenters. The number of carbonyl (C=O) groups excluding carboxylic acids is 1. The fraction of sp³-hybridized carbons (Fsp3) is 0.650. The largest absolute Gasteiger partial charge is 0.460 e. The highest BCUT2D eigenvalue weighted by Gasteiger charge is 2.90. The number of alkyl halides is 13. The van der Waals surface area contributed by atoms with E-state index in [1.165, 1.54) is 0 Å². The fourth-order valence-electron chi connectivity index (χ4n) is 3.15. The van der Waals surface area contributed by atoms with Crippen molar-refractivity contribution in [2.24, 2.45) is 0 Å². The maximum absolute atomic E-state index is 14.3. The van der Waals surface area contributed by atoms with Crippen molar-refractivity contribution in [2.75, 3.05) is 0 Å². The minimum atomic E-state index is -8.05. The van der Waals surface area contributed by atoms with Gasteiger partial charge in [0, 0.05) is 11.1 Å². The van der Waals surface area contributed by atoms with Crippen LogP contribution < -0.4 is 0 Å². The minimum Gasteiger partial charge on any atom is -0.293 e. The number of Topliss-reactive ketones (excluding diaryl/α,β-unsaturated/α-hetero) is 1. The van der Waals surface area contributed by atoms with Crippen LogP contribution in [0, 0.1) is 0 Å². The summed E-state index contributed by atoms with van der Waals surface area (Å²) in [7, 11) is -5.09. The molecule has 0 saturated carbocycles. The van der Waals surface area contributed by atoms with Crippen molar-refractivity contribution in [1.82, 2.24) is 0 Å². The zero-order valence-corrected chi connectivity index (χ0v) is 19.7. The first kappa shape index (κ1) is 33.9. The number of benzene rings is 1. The Labute approximate surface area is 206 Å². The van der Waals surface area contributed by atoms with Gasteiger partial charge >= 0.3 is 35.8 Å². The van der Waals surface area contributed by atoms with E-state index < -0.39 is 74.5 Å². The summed E-state index contributed by atoms with van der Waals surface area (Å²) in [6.45, 7) is 1.78. The summed E-state index contributed by atoms with van der Waals surface area (Å²) in [6, 6.07) is -0.191. The van der Waals surface area contributed by atoms with Crippen LogP contribution in [0.15, 0.2) is 24.3 Å². The molecule has 4 nitrogen and oxygen atoms in total. The van der Waals surface area contributed by atoms with Crippen molar-refractivity contribution in [3.05, 3.63) is 35.4 Å². The van der Waals surface area contributed by atoms with Gasteiger partial charge in [0.05, 0.1) is 0 Å². The zero-order chi connectivity index (χ0) is 30.2. The molecular formula is C20H19F13O4S. The van der Waals surface area contributed by atoms with Gasteiger partial charge in [0.25, 0.3) is 10.1 Å². The van der Waals surface area contributed by atoms with Gasteiger partial charge in [-0.05, 0) is 6.42 Å². The van der Waals surface area contributed by atoms with E-state index in [0.717, 1.165) is 0 Å². The predicted octanol–water partition coefficient (Wildman–Crippen LogP) is 7.29. The second kappa shape index (κ2) is 10.8. The van der Waals surface area contributed by atoms with Crippen LogP contribution >= 0.6 is 0 Å². The minimum absolute atomic E-state index is 0.0816. The van der Waals surface area contributed by atoms with Crippen LogP contribution in [0.2, 0.25) is 0 Å². The topological polar surface area (TPSA) is 71.4 Å². The van der Waals surface area contributed by atoms with Crippen LogP contribution in [-0.4, -0.2) is 53.9 Å². The molecule has 0 fully saturated rings. The molecule has 0 aliphatic carbocycles. The first-order valence-electron chi connectivity index (χ1n) is 10.4. The Kier molecular flexibility index (Phi) is 9.65. The van der Waals surface area contributed by atoms with Crippen LogP contribution in [0.5, 0.6) is 0 Å². The first-order chi connectivity index (χ1) is 16.8. The Balaban J connectivity index is 3.42. The lowest BCUT2D eigenvalue weighted by molar-refractivity contribution is -0.441. The van der Waals surface area contributed by atoms with Gasteiger partial charge < -0.3 is 0 Å². The third-order valence-corrected chi connectivity index (χ3v) is 6.61. The Morgan fingerprint density at radius 2 is 1.18 bits per heavy atom. The lowest BCUT2D eigenvalue weighted by Crippen LogP contribution is -2.69. The first-order valence-corrected chi connectivity index (χ1v) is 11.9. The molecule has 0 heterocycles. The molecular weight excluding hydrogens is 583 g/mol. The number of halogens is 13. The van der Waals surface area contributed by atoms with Crippen molar-refractivity contribution in [2.45, 2.75) is 80.1 Å². The van der Waals surface area contributed by atoms with Crippen molar-refractivity contribution in [3.8, 4) is 0 Å². The van der Waals surface area contributed by atoms with Crippen molar-refractivity contribution in [1.29, 1.82) is 0 Å². The average molecular weight is 602 g/mol. The summed E-state index contributed by atoms with van der Waals surface area (Å²) < 4.78 is 205. The summed E-state index contributed by atoms with van der Waals surface area (Å²) in [6.07, 6.45) is -6.23. The summed E-state index contributed by atoms with van der Waals surface area (Å²) in [5.41, 5.74) is -3.18. The molecule has 0 aromatic heterocycles. The van der Waals surface area contributed by atoms with Crippen LogP contribution in [0.25, 0.3) is 0 Å². The van der Waals surface area contributed by atoms with Crippen molar-refractivity contribution in [3.63, 3.8) is 0 Å². The molecule has 18 heteroatoms. The van der Waals surface area contributed by atoms with Gasteiger partial charge in [-0.15, -0.1) is 0 Å². The summed E-state index contributed by atoms with van der Waals surface area (Å²) >= 11 is 0. The second-order valence-electron chi connectivity index (χ2n) is 8.16. The van der Waals surface area contributed by atoms with E-state index in [2.05, 4.69) is 0 Å². The SMILES string of the molecule is CCCCCCC(C(=O)c1ccc(C(F)(F)C(F)(F)C(F)(F)C(F)(F)C(F)(F)C(F)(F)F)cc1)S(=O)(=O)O. The maximum atomic E-state index is 14.3. The molecule has 1 N–H and O–H groups in total. The van der Waals surface area contributed by atoms with Crippen LogP contribution in [0.1, 0.15) is 54.9 Å². The predicted molar refractivity (Wildman–Crippen MR) is 105 cm³/mol. The number of rotatable bonds is 13. The van der Waals surface area contributed by atoms with E-state index in [1.54, 1.807) is 6.92 Å². The quantitative estimate of drug-likeness (QED) is 0.111. The van der Waals surface area contributed by atoms with Crippen LogP contribution in [0.3, 0.4) is 0 Å². The van der Waals surface area contributed by atoms with E-state index in [-0.39, 0.29) is 30.7 Å². The molecule has 1 rings (SSSR count). The normalized spacial score (nSPS) is 15.4. The van der Waals surface area contributed by atoms with Crippen LogP contribution in [0.4, 0.5) is 57.1 Å². The van der Waals surface area contributed by atoms with E-state index in [0.29, 0.717) is 19.3 Å². The van der Waals surface area contributed by atoms with Crippen molar-refractivity contribution >= 4 is 15.9 Å². The Bertz CT molecular complexity index is 1080. The molecule has 0 aliphatic heterocycles. The third-order valence-electron chi connectivity index (χ3n) is 5.44. The van der Waals surface area contributed by atoms with Crippen LogP contribution in [-0.2, 0) is 16.0 Å². The molecule has 0 radical (unpaired) electrons. The third kappa shape index (κ3) is 5.89. The molecule has 0 saturated heterocycles. The van der Waals surface area contributed by atoms with E-state index in [4.69, 9.17) is 0 Å². The highest BCUT2D eigenvalue weighted by atomic mass is 32.2. The van der Waals surface area contributed by atoms with Gasteiger partial charge in [0.2, 0.25) is 0 Å². The highest BCUT2D eigenvalue weighted by molar-refractivity contribution is 7.87. The molecule has 0 spiro atoms. The number of hydrogen-bond acceptors (Lipinski definition) is 3. The Morgan fingerprint density at radius 1 is 0.737 bits per heavy atom. The number of hydrogen-bond donors (Lipinski definition) is 1. The maximum Gasteiger partial charge on any atom is 0.460 e. The highest BCUT2D eigenvalue weighted by Crippen LogP contribution is 2.62. The lowest BCUT2D eigenvalue weighted by Gasteiger charge is -2.39. The molecule has 0 bridgehead atoms. The fourth-order valence-corrected chi connectivity index (χ4v) is 4.02. The number of carbonyl (C=O) groups is 1. The monoisotopic (exact) mass is 602 g/mol. The molecule has 1 atom stereocenters. The van der Waals surface area contributed by atoms with Gasteiger partial charge in [-0.1, -0.05) is 56.9 Å². The average Bonchev–Trinajstić information content (AvgIpc) is 2.76. The molecule has 1 aromatic carbocycles. The van der Waals surface area contributed by atoms with Gasteiger partial charge in [0.15, 0.2) is 5.78 Å². The van der Waals surface area contributed by atoms with Gasteiger partial charge in [0.1, 0.15) is 5.25 Å². The zero-order valence-electron chi connectivity index (χ0n) is 18.9. The molecule has 0 aliphatic rings. The Morgan fingerprint density at radius 3 is 1.58 bits per heavy atom. The molecule has 1 aromatic rings. The molecule has 220 valence electrons. The number of ketones is 1. The summed E-state index contributed by atoms with van der Waals surface area (Å²) in [5.74, 6) is -39.4. The second-order valence-corrected chi connectivity index (χ2v) is 9.76. The smallest absolute Gasteiger partial charge is 0.293 e. The van der Waals surface area contributed by atoms with Gasteiger partial charge in [-0.3, -0.25) is 9.35 Å². The van der Waals surface area contributed by atoms with E-state index in [1.807, 2.05) is 0 Å². The van der Waals surface area contributed by atoms with Gasteiger partial charge in [-0.25, -0.2) is 0 Å². The van der Waals surface area contributed by atoms with E-state index in [9.17, 15) is 74.8 Å². The standard InChI is InChI=1S/C20H19F13O4S/c1-2-3-4-5-6-13(38(35,36)37)14(34)11-7-9-12(10-8-11)15(21,22)16(23,24)17(25,26)18(27,28)19(29,30)20(31,32)33/h7-10,13H,2-6H2,1H3,(H,35,36,37).